The van der Waals surface area contributed by atoms with Crippen molar-refractivity contribution < 1.29 is 9.59 Å². The number of carbonyl (C=O) groups excluding carboxylic acids is 2. The summed E-state index contributed by atoms with van der Waals surface area (Å²) >= 11 is 1.40. The number of rotatable bonds is 7. The monoisotopic (exact) mass is 396 g/mol. The molecule has 1 heterocycles. The Hall–Kier alpha value is -2.90. The molecule has 1 aromatic heterocycles. The van der Waals surface area contributed by atoms with Crippen LogP contribution in [0.3, 0.4) is 0 Å². The number of carbonyl (C=O) groups is 2. The maximum atomic E-state index is 12.6. The van der Waals surface area contributed by atoms with E-state index >= 15 is 0 Å². The lowest BCUT2D eigenvalue weighted by molar-refractivity contribution is -0.117. The number of thiophene rings is 1. The van der Waals surface area contributed by atoms with Gasteiger partial charge in [-0.3, -0.25) is 14.5 Å². The van der Waals surface area contributed by atoms with Crippen LogP contribution in [0.4, 0.5) is 17.1 Å². The van der Waals surface area contributed by atoms with Gasteiger partial charge in [-0.2, -0.15) is 0 Å². The Kier molecular flexibility index (Phi) is 6.28. The summed E-state index contributed by atoms with van der Waals surface area (Å²) in [6.07, 6.45) is 0. The molecule has 0 aliphatic carbocycles. The third kappa shape index (κ3) is 4.68. The Morgan fingerprint density at radius 1 is 1.04 bits per heavy atom. The van der Waals surface area contributed by atoms with E-state index in [2.05, 4.69) is 15.5 Å². The van der Waals surface area contributed by atoms with E-state index in [1.54, 1.807) is 12.1 Å². The van der Waals surface area contributed by atoms with Gasteiger partial charge in [0.1, 0.15) is 0 Å². The highest BCUT2D eigenvalue weighted by Gasteiger charge is 2.13. The van der Waals surface area contributed by atoms with E-state index in [1.807, 2.05) is 50.2 Å². The van der Waals surface area contributed by atoms with Crippen molar-refractivity contribution in [2.75, 3.05) is 36.0 Å². The Balaban J connectivity index is 1.73. The number of benzene rings is 2. The Morgan fingerprint density at radius 2 is 1.79 bits per heavy atom. The number of amides is 2. The molecular weight excluding hydrogens is 372 g/mol. The second-order valence-corrected chi connectivity index (χ2v) is 7.50. The minimum atomic E-state index is -0.203. The van der Waals surface area contributed by atoms with Gasteiger partial charge in [-0.25, -0.2) is 0 Å². The van der Waals surface area contributed by atoms with Gasteiger partial charge >= 0.3 is 0 Å². The highest BCUT2D eigenvalue weighted by molar-refractivity contribution is 7.20. The highest BCUT2D eigenvalue weighted by atomic mass is 32.1. The summed E-state index contributed by atoms with van der Waals surface area (Å²) in [5, 5.41) is 6.68. The van der Waals surface area contributed by atoms with Crippen molar-refractivity contribution >= 4 is 50.3 Å². The lowest BCUT2D eigenvalue weighted by Gasteiger charge is -2.17. The van der Waals surface area contributed by atoms with E-state index in [1.165, 1.54) is 11.3 Å². The largest absolute Gasteiger partial charge is 0.397 e. The first-order valence-corrected chi connectivity index (χ1v) is 10.0. The van der Waals surface area contributed by atoms with Crippen molar-refractivity contribution in [2.45, 2.75) is 13.8 Å². The number of nitrogens with one attached hydrogen (secondary N) is 2. The van der Waals surface area contributed by atoms with Crippen molar-refractivity contribution in [2.24, 2.45) is 0 Å². The lowest BCUT2D eigenvalue weighted by Crippen LogP contribution is -2.32. The molecule has 0 fully saturated rings. The number of anilines is 3. The second-order valence-electron chi connectivity index (χ2n) is 6.41. The second kappa shape index (κ2) is 8.86. The topological polar surface area (TPSA) is 87.5 Å². The fourth-order valence-electron chi connectivity index (χ4n) is 2.88. The quantitative estimate of drug-likeness (QED) is 0.527. The zero-order valence-electron chi connectivity index (χ0n) is 16.0. The summed E-state index contributed by atoms with van der Waals surface area (Å²) < 4.78 is 0.980. The maximum Gasteiger partial charge on any atom is 0.265 e. The van der Waals surface area contributed by atoms with Crippen LogP contribution in [0.25, 0.3) is 10.1 Å². The number of nitrogen functional groups attached to an aromatic ring is 1. The molecule has 2 amide bonds. The summed E-state index contributed by atoms with van der Waals surface area (Å²) in [6.45, 7) is 6.09. The van der Waals surface area contributed by atoms with Gasteiger partial charge < -0.3 is 16.4 Å². The minimum absolute atomic E-state index is 0.0456. The van der Waals surface area contributed by atoms with Crippen LogP contribution in [0.15, 0.2) is 48.5 Å². The van der Waals surface area contributed by atoms with Gasteiger partial charge in [-0.1, -0.05) is 26.0 Å². The van der Waals surface area contributed by atoms with Crippen LogP contribution >= 0.6 is 11.3 Å². The standard InChI is InChI=1S/C21H24N4O2S/c1-3-25(4-2)13-20(26)23-15-9-10-18-14(11-15)12-19(28-18)21(27)24-17-8-6-5-7-16(17)22/h5-12H,3-4,13,22H2,1-2H3,(H,23,26)(H,24,27). The van der Waals surface area contributed by atoms with E-state index in [-0.39, 0.29) is 11.8 Å². The molecule has 7 heteroatoms. The normalized spacial score (nSPS) is 11.0. The number of likely N-dealkylation sites (N-methyl/N-ethyl adjacent to an activating group) is 1. The van der Waals surface area contributed by atoms with Crippen LogP contribution in [0.5, 0.6) is 0 Å². The molecule has 146 valence electrons. The lowest BCUT2D eigenvalue weighted by atomic mass is 10.2. The first-order valence-electron chi connectivity index (χ1n) is 9.21. The molecular formula is C21H24N4O2S. The number of fused-ring (bicyclic) bond motifs is 1. The molecule has 28 heavy (non-hydrogen) atoms. The molecule has 0 aliphatic rings. The fourth-order valence-corrected chi connectivity index (χ4v) is 3.82. The minimum Gasteiger partial charge on any atom is -0.397 e. The highest BCUT2D eigenvalue weighted by Crippen LogP contribution is 2.29. The van der Waals surface area contributed by atoms with E-state index in [0.29, 0.717) is 22.8 Å². The van der Waals surface area contributed by atoms with Crippen molar-refractivity contribution in [3.05, 3.63) is 53.4 Å². The maximum absolute atomic E-state index is 12.6. The molecule has 0 unspecified atom stereocenters. The zero-order valence-corrected chi connectivity index (χ0v) is 16.8. The third-order valence-corrected chi connectivity index (χ3v) is 5.61. The number of hydrogen-bond donors (Lipinski definition) is 3. The van der Waals surface area contributed by atoms with E-state index in [4.69, 9.17) is 5.73 Å². The number of nitrogens with two attached hydrogens (primary N) is 1. The fraction of sp³-hybridized carbons (Fsp3) is 0.238. The molecule has 4 N–H and O–H groups in total. The molecule has 0 aliphatic heterocycles. The molecule has 0 radical (unpaired) electrons. The average Bonchev–Trinajstić information content (AvgIpc) is 3.11. The van der Waals surface area contributed by atoms with Crippen molar-refractivity contribution in [1.82, 2.24) is 4.90 Å². The van der Waals surface area contributed by atoms with Crippen LogP contribution < -0.4 is 16.4 Å². The predicted octanol–water partition coefficient (Wildman–Crippen LogP) is 4.02. The molecule has 0 atom stereocenters. The van der Waals surface area contributed by atoms with Crippen molar-refractivity contribution in [3.8, 4) is 0 Å². The van der Waals surface area contributed by atoms with Gasteiger partial charge in [0, 0.05) is 10.4 Å². The molecule has 0 saturated carbocycles. The van der Waals surface area contributed by atoms with Gasteiger partial charge in [-0.15, -0.1) is 11.3 Å². The van der Waals surface area contributed by atoms with Crippen LogP contribution in [0.1, 0.15) is 23.5 Å². The summed E-state index contributed by atoms with van der Waals surface area (Å²) in [4.78, 5) is 27.4. The molecule has 6 nitrogen and oxygen atoms in total. The van der Waals surface area contributed by atoms with Crippen LogP contribution in [-0.2, 0) is 4.79 Å². The van der Waals surface area contributed by atoms with Gasteiger partial charge in [0.15, 0.2) is 0 Å². The van der Waals surface area contributed by atoms with Crippen LogP contribution in [0.2, 0.25) is 0 Å². The van der Waals surface area contributed by atoms with Crippen molar-refractivity contribution in [3.63, 3.8) is 0 Å². The average molecular weight is 397 g/mol. The zero-order chi connectivity index (χ0) is 20.1. The predicted molar refractivity (Wildman–Crippen MR) is 117 cm³/mol. The smallest absolute Gasteiger partial charge is 0.265 e. The number of hydrogen-bond acceptors (Lipinski definition) is 5. The third-order valence-electron chi connectivity index (χ3n) is 4.49. The van der Waals surface area contributed by atoms with Gasteiger partial charge in [0.2, 0.25) is 5.91 Å². The Morgan fingerprint density at radius 3 is 2.50 bits per heavy atom. The molecule has 0 saturated heterocycles. The first kappa shape index (κ1) is 19.9. The first-order chi connectivity index (χ1) is 13.5. The summed E-state index contributed by atoms with van der Waals surface area (Å²) in [5.74, 6) is -0.248. The molecule has 3 rings (SSSR count). The van der Waals surface area contributed by atoms with Crippen LogP contribution in [-0.4, -0.2) is 36.3 Å². The molecule has 0 spiro atoms. The summed E-state index contributed by atoms with van der Waals surface area (Å²) in [7, 11) is 0. The Labute approximate surface area is 168 Å². The Bertz CT molecular complexity index is 995. The van der Waals surface area contributed by atoms with E-state index in [0.717, 1.165) is 28.9 Å². The van der Waals surface area contributed by atoms with Gasteiger partial charge in [0.05, 0.1) is 22.8 Å². The molecule has 2 aromatic carbocycles. The number of para-hydroxylation sites is 2. The molecule has 0 bridgehead atoms. The summed E-state index contributed by atoms with van der Waals surface area (Å²) in [5.41, 5.74) is 7.73. The van der Waals surface area contributed by atoms with Crippen molar-refractivity contribution in [1.29, 1.82) is 0 Å². The SMILES string of the molecule is CCN(CC)CC(=O)Nc1ccc2sc(C(=O)Nc3ccccc3N)cc2c1. The van der Waals surface area contributed by atoms with E-state index < -0.39 is 0 Å². The van der Waals surface area contributed by atoms with Crippen LogP contribution in [0, 0.1) is 0 Å². The molecule has 3 aromatic rings. The van der Waals surface area contributed by atoms with Gasteiger partial charge in [0.25, 0.3) is 5.91 Å². The number of nitrogens with zero attached hydrogens (tertiary/aromatic N) is 1. The van der Waals surface area contributed by atoms with Gasteiger partial charge in [-0.05, 0) is 54.9 Å². The van der Waals surface area contributed by atoms with E-state index in [9.17, 15) is 9.59 Å². The summed E-state index contributed by atoms with van der Waals surface area (Å²) in [6, 6.07) is 14.6.